The molecule has 0 saturated carbocycles. The van der Waals surface area contributed by atoms with Crippen molar-refractivity contribution in [2.45, 2.75) is 71.1 Å². The normalized spacial score (nSPS) is 10.8. The maximum Gasteiger partial charge on any atom is 0.164 e. The molecule has 118 valence electrons. The van der Waals surface area contributed by atoms with E-state index in [1.807, 2.05) is 6.07 Å². The number of nitrogens with two attached hydrogens (primary N) is 1. The van der Waals surface area contributed by atoms with Gasteiger partial charge in [-0.05, 0) is 40.5 Å². The number of Topliss-reactive ketones (excluding diaryl/α,β-unsaturated/α-hetero) is 1. The molecule has 0 aromatic heterocycles. The number of unbranched alkanes of at least 4 members (excludes halogenated alkanes) is 8. The molecule has 0 heterocycles. The summed E-state index contributed by atoms with van der Waals surface area (Å²) in [5, 5.41) is 0. The molecule has 3 heteroatoms. The van der Waals surface area contributed by atoms with Crippen molar-refractivity contribution < 1.29 is 4.79 Å². The molecule has 0 spiro atoms. The minimum Gasteiger partial charge on any atom is -0.399 e. The van der Waals surface area contributed by atoms with Crippen molar-refractivity contribution in [2.75, 3.05) is 5.73 Å². The van der Waals surface area contributed by atoms with Gasteiger partial charge in [-0.1, -0.05) is 58.3 Å². The molecule has 1 aromatic rings. The monoisotopic (exact) mass is 353 g/mol. The molecule has 0 bridgehead atoms. The second-order valence-corrected chi connectivity index (χ2v) is 6.60. The fraction of sp³-hybridized carbons (Fsp3) is 0.611. The molecule has 21 heavy (non-hydrogen) atoms. The molecule has 2 nitrogen and oxygen atoms in total. The predicted octanol–water partition coefficient (Wildman–Crippen LogP) is 6.13. The summed E-state index contributed by atoms with van der Waals surface area (Å²) in [5.41, 5.74) is 7.12. The number of hydrogen-bond donors (Lipinski definition) is 1. The van der Waals surface area contributed by atoms with Crippen LogP contribution in [0, 0.1) is 0 Å². The van der Waals surface area contributed by atoms with E-state index in [2.05, 4.69) is 22.9 Å². The Labute approximate surface area is 137 Å². The minimum absolute atomic E-state index is 0.213. The number of carbonyl (C=O) groups is 1. The highest BCUT2D eigenvalue weighted by atomic mass is 79.9. The summed E-state index contributed by atoms with van der Waals surface area (Å²) in [7, 11) is 0. The first-order valence-corrected chi connectivity index (χ1v) is 9.02. The topological polar surface area (TPSA) is 43.1 Å². The Morgan fingerprint density at radius 1 is 1.00 bits per heavy atom. The zero-order valence-electron chi connectivity index (χ0n) is 13.2. The lowest BCUT2D eigenvalue weighted by atomic mass is 10.0. The molecule has 1 aromatic carbocycles. The van der Waals surface area contributed by atoms with Crippen LogP contribution in [0.25, 0.3) is 0 Å². The highest BCUT2D eigenvalue weighted by Crippen LogP contribution is 2.22. The first-order valence-electron chi connectivity index (χ1n) is 8.23. The fourth-order valence-corrected chi connectivity index (χ4v) is 3.11. The van der Waals surface area contributed by atoms with Gasteiger partial charge in [-0.25, -0.2) is 0 Å². The van der Waals surface area contributed by atoms with E-state index >= 15 is 0 Å². The highest BCUT2D eigenvalue weighted by molar-refractivity contribution is 9.10. The van der Waals surface area contributed by atoms with Gasteiger partial charge in [-0.2, -0.15) is 0 Å². The lowest BCUT2D eigenvalue weighted by molar-refractivity contribution is 0.0978. The van der Waals surface area contributed by atoms with Crippen molar-refractivity contribution in [1.82, 2.24) is 0 Å². The number of rotatable bonds is 11. The Kier molecular flexibility index (Phi) is 9.40. The van der Waals surface area contributed by atoms with Gasteiger partial charge in [0.2, 0.25) is 0 Å². The summed E-state index contributed by atoms with van der Waals surface area (Å²) < 4.78 is 0.809. The predicted molar refractivity (Wildman–Crippen MR) is 94.7 cm³/mol. The van der Waals surface area contributed by atoms with Crippen molar-refractivity contribution in [3.05, 3.63) is 28.2 Å². The Bertz CT molecular complexity index is 431. The van der Waals surface area contributed by atoms with Gasteiger partial charge in [-0.3, -0.25) is 4.79 Å². The minimum atomic E-state index is 0.213. The molecule has 0 atom stereocenters. The summed E-state index contributed by atoms with van der Waals surface area (Å²) in [6.07, 6.45) is 12.1. The van der Waals surface area contributed by atoms with Crippen LogP contribution in [0.2, 0.25) is 0 Å². The van der Waals surface area contributed by atoms with Crippen molar-refractivity contribution in [1.29, 1.82) is 0 Å². The maximum atomic E-state index is 12.1. The number of anilines is 1. The van der Waals surface area contributed by atoms with E-state index in [-0.39, 0.29) is 5.78 Å². The van der Waals surface area contributed by atoms with Crippen molar-refractivity contribution in [3.8, 4) is 0 Å². The zero-order chi connectivity index (χ0) is 15.5. The Morgan fingerprint density at radius 3 is 2.14 bits per heavy atom. The van der Waals surface area contributed by atoms with Gasteiger partial charge in [-0.15, -0.1) is 0 Å². The molecule has 0 aliphatic rings. The Balaban J connectivity index is 2.11. The van der Waals surface area contributed by atoms with Crippen LogP contribution < -0.4 is 5.73 Å². The quantitative estimate of drug-likeness (QED) is 0.295. The van der Waals surface area contributed by atoms with E-state index < -0.39 is 0 Å². The van der Waals surface area contributed by atoms with Gasteiger partial charge in [0.05, 0.1) is 0 Å². The van der Waals surface area contributed by atoms with Crippen LogP contribution >= 0.6 is 15.9 Å². The molecule has 2 N–H and O–H groups in total. The second-order valence-electron chi connectivity index (χ2n) is 5.74. The second kappa shape index (κ2) is 10.8. The van der Waals surface area contributed by atoms with Crippen LogP contribution in [0.5, 0.6) is 0 Å². The summed E-state index contributed by atoms with van der Waals surface area (Å²) in [6, 6.07) is 5.40. The van der Waals surface area contributed by atoms with Crippen LogP contribution in [-0.4, -0.2) is 5.78 Å². The highest BCUT2D eigenvalue weighted by Gasteiger charge is 2.09. The summed E-state index contributed by atoms with van der Waals surface area (Å²) in [6.45, 7) is 2.25. The van der Waals surface area contributed by atoms with Crippen molar-refractivity contribution >= 4 is 27.4 Å². The molecule has 0 aliphatic heterocycles. The largest absolute Gasteiger partial charge is 0.399 e. The van der Waals surface area contributed by atoms with Crippen LogP contribution in [0.3, 0.4) is 0 Å². The summed E-state index contributed by atoms with van der Waals surface area (Å²) in [5.74, 6) is 0.213. The van der Waals surface area contributed by atoms with Gasteiger partial charge in [0, 0.05) is 22.1 Å². The molecular formula is C18H28BrNO. The maximum absolute atomic E-state index is 12.1. The molecular weight excluding hydrogens is 326 g/mol. The van der Waals surface area contributed by atoms with Crippen molar-refractivity contribution in [3.63, 3.8) is 0 Å². The van der Waals surface area contributed by atoms with Gasteiger partial charge in [0.1, 0.15) is 0 Å². The zero-order valence-corrected chi connectivity index (χ0v) is 14.8. The molecule has 0 saturated heterocycles. The van der Waals surface area contributed by atoms with Crippen molar-refractivity contribution in [2.24, 2.45) is 0 Å². The lowest BCUT2D eigenvalue weighted by Crippen LogP contribution is -2.01. The summed E-state index contributed by atoms with van der Waals surface area (Å²) in [4.78, 5) is 12.1. The fourth-order valence-electron chi connectivity index (χ4n) is 2.49. The van der Waals surface area contributed by atoms with E-state index in [0.29, 0.717) is 12.1 Å². The molecule has 0 fully saturated rings. The average Bonchev–Trinajstić information content (AvgIpc) is 2.45. The summed E-state index contributed by atoms with van der Waals surface area (Å²) >= 11 is 3.41. The number of halogens is 1. The van der Waals surface area contributed by atoms with E-state index in [9.17, 15) is 4.79 Å². The molecule has 0 radical (unpaired) electrons. The van der Waals surface area contributed by atoms with Gasteiger partial charge >= 0.3 is 0 Å². The number of carbonyl (C=O) groups excluding carboxylic acids is 1. The molecule has 0 unspecified atom stereocenters. The van der Waals surface area contributed by atoms with E-state index in [4.69, 9.17) is 5.73 Å². The first-order chi connectivity index (χ1) is 10.1. The Morgan fingerprint density at radius 2 is 1.57 bits per heavy atom. The van der Waals surface area contributed by atoms with Crippen LogP contribution in [0.1, 0.15) is 81.5 Å². The average molecular weight is 354 g/mol. The van der Waals surface area contributed by atoms with Crippen LogP contribution in [0.4, 0.5) is 5.69 Å². The van der Waals surface area contributed by atoms with E-state index in [1.54, 1.807) is 12.1 Å². The van der Waals surface area contributed by atoms with Crippen LogP contribution in [-0.2, 0) is 0 Å². The molecule has 1 rings (SSSR count). The number of hydrogen-bond acceptors (Lipinski definition) is 2. The SMILES string of the molecule is CCCCCCCCCCCC(=O)c1ccc(N)cc1Br. The molecule has 0 amide bonds. The smallest absolute Gasteiger partial charge is 0.164 e. The number of ketones is 1. The first kappa shape index (κ1) is 18.2. The number of nitrogen functional groups attached to an aromatic ring is 1. The third kappa shape index (κ3) is 7.66. The van der Waals surface area contributed by atoms with Gasteiger partial charge in [0.25, 0.3) is 0 Å². The van der Waals surface area contributed by atoms with E-state index in [1.165, 1.54) is 44.9 Å². The van der Waals surface area contributed by atoms with Gasteiger partial charge in [0.15, 0.2) is 5.78 Å². The lowest BCUT2D eigenvalue weighted by Gasteiger charge is -2.05. The Hall–Kier alpha value is -0.830. The number of benzene rings is 1. The van der Waals surface area contributed by atoms with Crippen LogP contribution in [0.15, 0.2) is 22.7 Å². The standard InChI is InChI=1S/C18H28BrNO/c1-2-3-4-5-6-7-8-9-10-11-18(21)16-13-12-15(20)14-17(16)19/h12-14H,2-11,20H2,1H3. The van der Waals surface area contributed by atoms with Gasteiger partial charge < -0.3 is 5.73 Å². The molecule has 0 aliphatic carbocycles. The van der Waals surface area contributed by atoms with E-state index in [0.717, 1.165) is 22.9 Å². The third-order valence-electron chi connectivity index (χ3n) is 3.80. The third-order valence-corrected chi connectivity index (χ3v) is 4.46.